The fourth-order valence-corrected chi connectivity index (χ4v) is 3.19. The van der Waals surface area contributed by atoms with Crippen molar-refractivity contribution in [2.75, 3.05) is 0 Å². The van der Waals surface area contributed by atoms with Crippen LogP contribution in [-0.4, -0.2) is 10.4 Å². The van der Waals surface area contributed by atoms with Crippen LogP contribution < -0.4 is 0 Å². The zero-order valence-corrected chi connectivity index (χ0v) is 14.7. The van der Waals surface area contributed by atoms with Gasteiger partial charge in [-0.25, -0.2) is 4.39 Å². The summed E-state index contributed by atoms with van der Waals surface area (Å²) >= 11 is 0. The highest BCUT2D eigenvalue weighted by atomic mass is 19.1. The SMILES string of the molecule is O=C(C=Cc1cn(Cc2ccccc2)c2ccccc12)c1ccc(F)cc1. The number of hydrogen-bond acceptors (Lipinski definition) is 1. The summed E-state index contributed by atoms with van der Waals surface area (Å²) < 4.78 is 15.2. The smallest absolute Gasteiger partial charge is 0.185 e. The topological polar surface area (TPSA) is 22.0 Å². The van der Waals surface area contributed by atoms with E-state index < -0.39 is 0 Å². The van der Waals surface area contributed by atoms with Crippen LogP contribution in [0.5, 0.6) is 0 Å². The molecule has 0 saturated heterocycles. The highest BCUT2D eigenvalue weighted by Crippen LogP contribution is 2.24. The van der Waals surface area contributed by atoms with Gasteiger partial charge in [0.05, 0.1) is 0 Å². The molecule has 0 N–H and O–H groups in total. The van der Waals surface area contributed by atoms with E-state index >= 15 is 0 Å². The molecule has 0 fully saturated rings. The fraction of sp³-hybridized carbons (Fsp3) is 0.0417. The van der Waals surface area contributed by atoms with Crippen LogP contribution in [0.3, 0.4) is 0 Å². The summed E-state index contributed by atoms with van der Waals surface area (Å²) in [6, 6.07) is 24.0. The van der Waals surface area contributed by atoms with Gasteiger partial charge in [0.25, 0.3) is 0 Å². The molecule has 0 spiro atoms. The molecule has 4 aromatic rings. The summed E-state index contributed by atoms with van der Waals surface area (Å²) in [5.74, 6) is -0.491. The van der Waals surface area contributed by atoms with E-state index in [0.717, 1.165) is 23.0 Å². The van der Waals surface area contributed by atoms with Gasteiger partial charge in [-0.15, -0.1) is 0 Å². The molecule has 1 heterocycles. The molecular weight excluding hydrogens is 337 g/mol. The van der Waals surface area contributed by atoms with E-state index in [1.165, 1.54) is 29.8 Å². The van der Waals surface area contributed by atoms with Crippen molar-refractivity contribution in [3.8, 4) is 0 Å². The minimum absolute atomic E-state index is 0.144. The Hall–Kier alpha value is -3.46. The van der Waals surface area contributed by atoms with Gasteiger partial charge in [0.1, 0.15) is 5.82 Å². The highest BCUT2D eigenvalue weighted by molar-refractivity contribution is 6.07. The summed E-state index contributed by atoms with van der Waals surface area (Å²) in [4.78, 5) is 12.3. The molecule has 2 nitrogen and oxygen atoms in total. The van der Waals surface area contributed by atoms with Gasteiger partial charge in [0, 0.05) is 34.8 Å². The predicted molar refractivity (Wildman–Crippen MR) is 107 cm³/mol. The van der Waals surface area contributed by atoms with E-state index in [1.807, 2.05) is 36.4 Å². The van der Waals surface area contributed by atoms with Gasteiger partial charge in [0.2, 0.25) is 0 Å². The zero-order valence-electron chi connectivity index (χ0n) is 14.7. The van der Waals surface area contributed by atoms with Gasteiger partial charge < -0.3 is 4.57 Å². The Morgan fingerprint density at radius 1 is 0.889 bits per heavy atom. The van der Waals surface area contributed by atoms with Gasteiger partial charge in [-0.2, -0.15) is 0 Å². The molecule has 4 rings (SSSR count). The Kier molecular flexibility index (Phi) is 4.67. The molecule has 1 aromatic heterocycles. The molecule has 0 bridgehead atoms. The summed E-state index contributed by atoms with van der Waals surface area (Å²) in [5, 5.41) is 1.09. The van der Waals surface area contributed by atoms with Crippen molar-refractivity contribution < 1.29 is 9.18 Å². The summed E-state index contributed by atoms with van der Waals surface area (Å²) in [7, 11) is 0. The largest absolute Gasteiger partial charge is 0.342 e. The number of halogens is 1. The van der Waals surface area contributed by atoms with Crippen LogP contribution in [0.4, 0.5) is 4.39 Å². The lowest BCUT2D eigenvalue weighted by Crippen LogP contribution is -1.97. The van der Waals surface area contributed by atoms with Crippen molar-refractivity contribution >= 4 is 22.8 Å². The first-order chi connectivity index (χ1) is 13.2. The second kappa shape index (κ2) is 7.42. The molecule has 132 valence electrons. The molecule has 0 unspecified atom stereocenters. The molecule has 0 amide bonds. The van der Waals surface area contributed by atoms with Crippen molar-refractivity contribution in [2.45, 2.75) is 6.54 Å². The summed E-state index contributed by atoms with van der Waals surface area (Å²) in [6.07, 6.45) is 5.43. The number of allylic oxidation sites excluding steroid dienone is 1. The first kappa shape index (κ1) is 17.0. The molecule has 3 aromatic carbocycles. The van der Waals surface area contributed by atoms with Crippen molar-refractivity contribution in [3.05, 3.63) is 114 Å². The molecule has 0 atom stereocenters. The van der Waals surface area contributed by atoms with Gasteiger partial charge in [0.15, 0.2) is 5.78 Å². The van der Waals surface area contributed by atoms with Gasteiger partial charge in [-0.3, -0.25) is 4.79 Å². The first-order valence-electron chi connectivity index (χ1n) is 8.80. The Morgan fingerprint density at radius 2 is 1.59 bits per heavy atom. The van der Waals surface area contributed by atoms with E-state index in [-0.39, 0.29) is 11.6 Å². The third-order valence-electron chi connectivity index (χ3n) is 4.56. The molecule has 0 saturated carbocycles. The van der Waals surface area contributed by atoms with Crippen LogP contribution >= 0.6 is 0 Å². The standard InChI is InChI=1S/C24H18FNO/c25-21-13-10-19(11-14-21)24(27)15-12-20-17-26(16-18-6-2-1-3-7-18)23-9-5-4-8-22(20)23/h1-15,17H,16H2. The molecule has 0 aliphatic carbocycles. The van der Waals surface area contributed by atoms with Crippen LogP contribution in [0.1, 0.15) is 21.5 Å². The lowest BCUT2D eigenvalue weighted by Gasteiger charge is -2.05. The molecule has 3 heteroatoms. The average molecular weight is 355 g/mol. The quantitative estimate of drug-likeness (QED) is 0.331. The maximum absolute atomic E-state index is 13.0. The number of ketones is 1. The van der Waals surface area contributed by atoms with E-state index in [4.69, 9.17) is 0 Å². The van der Waals surface area contributed by atoms with E-state index in [2.05, 4.69) is 35.0 Å². The van der Waals surface area contributed by atoms with Crippen LogP contribution in [-0.2, 0) is 6.54 Å². The Morgan fingerprint density at radius 3 is 2.37 bits per heavy atom. The highest BCUT2D eigenvalue weighted by Gasteiger charge is 2.08. The van der Waals surface area contributed by atoms with Crippen LogP contribution in [0, 0.1) is 5.82 Å². The van der Waals surface area contributed by atoms with Gasteiger partial charge >= 0.3 is 0 Å². The van der Waals surface area contributed by atoms with Gasteiger partial charge in [-0.1, -0.05) is 48.5 Å². The predicted octanol–water partition coefficient (Wildman–Crippen LogP) is 5.72. The molecule has 0 radical (unpaired) electrons. The monoisotopic (exact) mass is 355 g/mol. The minimum atomic E-state index is -0.348. The number of para-hydroxylation sites is 1. The summed E-state index contributed by atoms with van der Waals surface area (Å²) in [6.45, 7) is 0.765. The maximum Gasteiger partial charge on any atom is 0.185 e. The lowest BCUT2D eigenvalue weighted by molar-refractivity contribution is 0.104. The van der Waals surface area contributed by atoms with Crippen molar-refractivity contribution in [1.29, 1.82) is 0 Å². The van der Waals surface area contributed by atoms with Crippen LogP contribution in [0.15, 0.2) is 91.1 Å². The fourth-order valence-electron chi connectivity index (χ4n) is 3.19. The maximum atomic E-state index is 13.0. The number of aromatic nitrogens is 1. The van der Waals surface area contributed by atoms with Gasteiger partial charge in [-0.05, 0) is 48.0 Å². The van der Waals surface area contributed by atoms with E-state index in [9.17, 15) is 9.18 Å². The average Bonchev–Trinajstić information content (AvgIpc) is 3.05. The summed E-state index contributed by atoms with van der Waals surface area (Å²) in [5.41, 5.74) is 3.80. The third kappa shape index (κ3) is 3.72. The molecule has 0 aliphatic rings. The number of nitrogens with zero attached hydrogens (tertiary/aromatic N) is 1. The second-order valence-corrected chi connectivity index (χ2v) is 6.42. The number of rotatable bonds is 5. The van der Waals surface area contributed by atoms with Crippen molar-refractivity contribution in [3.63, 3.8) is 0 Å². The number of hydrogen-bond donors (Lipinski definition) is 0. The van der Waals surface area contributed by atoms with E-state index in [1.54, 1.807) is 6.08 Å². The van der Waals surface area contributed by atoms with E-state index in [0.29, 0.717) is 5.56 Å². The molecular formula is C24H18FNO. The second-order valence-electron chi connectivity index (χ2n) is 6.42. The Labute approximate surface area is 157 Å². The normalized spacial score (nSPS) is 11.3. The van der Waals surface area contributed by atoms with Crippen LogP contribution in [0.2, 0.25) is 0 Å². The number of carbonyl (C=O) groups is 1. The number of carbonyl (C=O) groups excluding carboxylic acids is 1. The molecule has 27 heavy (non-hydrogen) atoms. The third-order valence-corrected chi connectivity index (χ3v) is 4.56. The van der Waals surface area contributed by atoms with Crippen molar-refractivity contribution in [1.82, 2.24) is 4.57 Å². The number of benzene rings is 3. The first-order valence-corrected chi connectivity index (χ1v) is 8.80. The van der Waals surface area contributed by atoms with Crippen molar-refractivity contribution in [2.24, 2.45) is 0 Å². The zero-order chi connectivity index (χ0) is 18.6. The Balaban J connectivity index is 1.65. The lowest BCUT2D eigenvalue weighted by atomic mass is 10.1. The Bertz CT molecular complexity index is 1110. The minimum Gasteiger partial charge on any atom is -0.342 e. The van der Waals surface area contributed by atoms with Crippen LogP contribution in [0.25, 0.3) is 17.0 Å². The molecule has 0 aliphatic heterocycles. The number of fused-ring (bicyclic) bond motifs is 1.